The van der Waals surface area contributed by atoms with E-state index in [2.05, 4.69) is 18.2 Å². The molecule has 0 aliphatic rings. The van der Waals surface area contributed by atoms with Gasteiger partial charge in [-0.15, -0.1) is 0 Å². The molecule has 0 saturated carbocycles. The van der Waals surface area contributed by atoms with Gasteiger partial charge < -0.3 is 24.1 Å². The number of aryl methyl sites for hydroxylation is 4. The van der Waals surface area contributed by atoms with Crippen molar-refractivity contribution in [3.8, 4) is 34.5 Å². The molecule has 0 fully saturated rings. The van der Waals surface area contributed by atoms with E-state index in [4.69, 9.17) is 18.9 Å². The Bertz CT molecular complexity index is 1300. The monoisotopic (exact) mass is 484 g/mol. The second-order valence-corrected chi connectivity index (χ2v) is 8.59. The summed E-state index contributed by atoms with van der Waals surface area (Å²) in [6, 6.07) is 27.4. The number of phenols is 1. The van der Waals surface area contributed by atoms with Crippen molar-refractivity contribution < 1.29 is 24.1 Å². The molecule has 5 heteroatoms. The summed E-state index contributed by atoms with van der Waals surface area (Å²) in [5.74, 6) is 3.90. The fourth-order valence-electron chi connectivity index (χ4n) is 4.21. The Kier molecular flexibility index (Phi) is 8.35. The molecule has 0 saturated heterocycles. The summed E-state index contributed by atoms with van der Waals surface area (Å²) >= 11 is 0. The van der Waals surface area contributed by atoms with E-state index in [0.717, 1.165) is 59.6 Å². The van der Waals surface area contributed by atoms with Gasteiger partial charge in [-0.25, -0.2) is 0 Å². The van der Waals surface area contributed by atoms with Gasteiger partial charge in [0.1, 0.15) is 23.0 Å². The van der Waals surface area contributed by atoms with Crippen LogP contribution in [-0.4, -0.2) is 26.4 Å². The topological polar surface area (TPSA) is 57.2 Å². The molecule has 0 aliphatic carbocycles. The third kappa shape index (κ3) is 6.51. The molecule has 186 valence electrons. The van der Waals surface area contributed by atoms with Crippen LogP contribution in [0.1, 0.15) is 22.3 Å². The normalized spacial score (nSPS) is 10.6. The highest BCUT2D eigenvalue weighted by Crippen LogP contribution is 2.38. The molecule has 0 radical (unpaired) electrons. The first-order chi connectivity index (χ1) is 17.6. The lowest BCUT2D eigenvalue weighted by atomic mass is 10.0. The number of hydrogen-bond donors (Lipinski definition) is 1. The molecular weight excluding hydrogens is 452 g/mol. The molecule has 0 amide bonds. The van der Waals surface area contributed by atoms with E-state index in [1.807, 2.05) is 54.6 Å². The van der Waals surface area contributed by atoms with Crippen molar-refractivity contribution in [3.63, 3.8) is 0 Å². The largest absolute Gasteiger partial charge is 0.508 e. The zero-order valence-corrected chi connectivity index (χ0v) is 21.0. The molecule has 0 spiro atoms. The number of methoxy groups -OCH3 is 3. The van der Waals surface area contributed by atoms with Gasteiger partial charge in [-0.05, 0) is 90.4 Å². The molecule has 4 rings (SSSR count). The molecule has 0 atom stereocenters. The van der Waals surface area contributed by atoms with Crippen LogP contribution in [0.5, 0.6) is 34.5 Å². The predicted molar refractivity (Wildman–Crippen MR) is 142 cm³/mol. The first-order valence-electron chi connectivity index (χ1n) is 12.0. The van der Waals surface area contributed by atoms with Gasteiger partial charge in [-0.1, -0.05) is 36.4 Å². The number of rotatable bonds is 11. The third-order valence-corrected chi connectivity index (χ3v) is 6.12. The number of ether oxygens (including phenoxy) is 4. The molecular formula is C31H32O5. The second kappa shape index (κ2) is 12.0. The summed E-state index contributed by atoms with van der Waals surface area (Å²) in [6.45, 7) is 0. The van der Waals surface area contributed by atoms with Gasteiger partial charge in [0.15, 0.2) is 11.5 Å². The zero-order valence-electron chi connectivity index (χ0n) is 21.0. The number of aromatic hydroxyl groups is 1. The molecule has 0 unspecified atom stereocenters. The Morgan fingerprint density at radius 1 is 0.528 bits per heavy atom. The molecule has 4 aromatic rings. The zero-order chi connectivity index (χ0) is 25.3. The summed E-state index contributed by atoms with van der Waals surface area (Å²) in [5, 5.41) is 9.71. The Hall–Kier alpha value is -4.12. The molecule has 5 nitrogen and oxygen atoms in total. The Morgan fingerprint density at radius 3 is 1.75 bits per heavy atom. The summed E-state index contributed by atoms with van der Waals surface area (Å²) in [6.07, 6.45) is 3.29. The lowest BCUT2D eigenvalue weighted by Gasteiger charge is -2.16. The van der Waals surface area contributed by atoms with Crippen molar-refractivity contribution in [1.29, 1.82) is 0 Å². The van der Waals surface area contributed by atoms with E-state index in [1.54, 1.807) is 33.5 Å². The van der Waals surface area contributed by atoms with Crippen LogP contribution in [0.3, 0.4) is 0 Å². The van der Waals surface area contributed by atoms with Gasteiger partial charge in [0.2, 0.25) is 0 Å². The first-order valence-corrected chi connectivity index (χ1v) is 12.0. The fourth-order valence-corrected chi connectivity index (χ4v) is 4.21. The van der Waals surface area contributed by atoms with Crippen molar-refractivity contribution in [2.24, 2.45) is 0 Å². The number of hydrogen-bond acceptors (Lipinski definition) is 5. The van der Waals surface area contributed by atoms with Crippen molar-refractivity contribution in [1.82, 2.24) is 0 Å². The van der Waals surface area contributed by atoms with Gasteiger partial charge in [-0.3, -0.25) is 0 Å². The molecule has 0 bridgehead atoms. The van der Waals surface area contributed by atoms with E-state index in [9.17, 15) is 5.11 Å². The van der Waals surface area contributed by atoms with Crippen LogP contribution >= 0.6 is 0 Å². The minimum atomic E-state index is 0.290. The molecule has 1 N–H and O–H groups in total. The van der Waals surface area contributed by atoms with Crippen LogP contribution in [0.2, 0.25) is 0 Å². The van der Waals surface area contributed by atoms with E-state index in [-0.39, 0.29) is 0 Å². The average molecular weight is 485 g/mol. The van der Waals surface area contributed by atoms with Crippen molar-refractivity contribution in [3.05, 3.63) is 107 Å². The van der Waals surface area contributed by atoms with E-state index in [1.165, 1.54) is 5.56 Å². The SMILES string of the molecule is COc1cccc(CCc2cc(Oc3cccc(CCc4cccc(O)c4)c3)c(OC)cc2OC)c1. The minimum Gasteiger partial charge on any atom is -0.508 e. The third-order valence-electron chi connectivity index (χ3n) is 6.12. The molecule has 0 aliphatic heterocycles. The number of benzene rings is 4. The highest BCUT2D eigenvalue weighted by molar-refractivity contribution is 5.52. The predicted octanol–water partition coefficient (Wildman–Crippen LogP) is 6.78. The maximum Gasteiger partial charge on any atom is 0.169 e. The van der Waals surface area contributed by atoms with E-state index < -0.39 is 0 Å². The van der Waals surface area contributed by atoms with E-state index >= 15 is 0 Å². The van der Waals surface area contributed by atoms with Crippen molar-refractivity contribution >= 4 is 0 Å². The summed E-state index contributed by atoms with van der Waals surface area (Å²) in [7, 11) is 4.97. The lowest BCUT2D eigenvalue weighted by molar-refractivity contribution is 0.366. The first kappa shape index (κ1) is 25.0. The van der Waals surface area contributed by atoms with Crippen LogP contribution < -0.4 is 18.9 Å². The Labute approximate surface area is 212 Å². The molecule has 0 heterocycles. The molecule has 0 aromatic heterocycles. The van der Waals surface area contributed by atoms with Crippen LogP contribution in [0.4, 0.5) is 0 Å². The Balaban J connectivity index is 1.51. The minimum absolute atomic E-state index is 0.290. The maximum absolute atomic E-state index is 9.71. The van der Waals surface area contributed by atoms with Crippen LogP contribution in [0.25, 0.3) is 0 Å². The summed E-state index contributed by atoms with van der Waals surface area (Å²) in [4.78, 5) is 0. The van der Waals surface area contributed by atoms with Gasteiger partial charge in [0.05, 0.1) is 21.3 Å². The quantitative estimate of drug-likeness (QED) is 0.254. The van der Waals surface area contributed by atoms with Crippen LogP contribution in [0.15, 0.2) is 84.9 Å². The molecule has 4 aromatic carbocycles. The smallest absolute Gasteiger partial charge is 0.169 e. The van der Waals surface area contributed by atoms with Crippen LogP contribution in [0, 0.1) is 0 Å². The average Bonchev–Trinajstić information content (AvgIpc) is 2.91. The Morgan fingerprint density at radius 2 is 1.11 bits per heavy atom. The van der Waals surface area contributed by atoms with Gasteiger partial charge in [0.25, 0.3) is 0 Å². The summed E-state index contributed by atoms with van der Waals surface area (Å²) < 4.78 is 22.9. The fraction of sp³-hybridized carbons (Fsp3) is 0.226. The van der Waals surface area contributed by atoms with Crippen LogP contribution in [-0.2, 0) is 25.7 Å². The summed E-state index contributed by atoms with van der Waals surface area (Å²) in [5.41, 5.74) is 4.48. The van der Waals surface area contributed by atoms with E-state index in [0.29, 0.717) is 17.2 Å². The van der Waals surface area contributed by atoms with Crippen molar-refractivity contribution in [2.45, 2.75) is 25.7 Å². The van der Waals surface area contributed by atoms with Gasteiger partial charge >= 0.3 is 0 Å². The second-order valence-electron chi connectivity index (χ2n) is 8.59. The lowest BCUT2D eigenvalue weighted by Crippen LogP contribution is -1.99. The number of phenolic OH excluding ortho intramolecular Hbond substituents is 1. The standard InChI is InChI=1S/C31H32O5/c1-33-27-11-5-8-24(18-27)15-16-25-20-31(30(35-3)21-29(25)34-2)36-28-12-6-9-23(19-28)14-13-22-7-4-10-26(32)17-22/h4-12,17-21,32H,13-16H2,1-3H3. The molecule has 36 heavy (non-hydrogen) atoms. The maximum atomic E-state index is 9.71. The van der Waals surface area contributed by atoms with Crippen molar-refractivity contribution in [2.75, 3.05) is 21.3 Å². The van der Waals surface area contributed by atoms with Gasteiger partial charge in [0, 0.05) is 6.07 Å². The van der Waals surface area contributed by atoms with Gasteiger partial charge in [-0.2, -0.15) is 0 Å². The highest BCUT2D eigenvalue weighted by atomic mass is 16.5. The highest BCUT2D eigenvalue weighted by Gasteiger charge is 2.14.